The van der Waals surface area contributed by atoms with Gasteiger partial charge in [0.05, 0.1) is 6.26 Å². The summed E-state index contributed by atoms with van der Waals surface area (Å²) >= 11 is 1.75. The zero-order valence-electron chi connectivity index (χ0n) is 14.4. The zero-order valence-corrected chi connectivity index (χ0v) is 16.0. The molecule has 0 fully saturated rings. The highest BCUT2D eigenvalue weighted by atomic mass is 32.2. The SMILES string of the molecule is CN([C@@H](C(=O)NCCSC(C)(C)C)c1ccccc1)S(C)(=O)=O. The van der Waals surface area contributed by atoms with Gasteiger partial charge in [-0.15, -0.1) is 0 Å². The summed E-state index contributed by atoms with van der Waals surface area (Å²) in [4.78, 5) is 12.5. The molecule has 0 aliphatic heterocycles. The van der Waals surface area contributed by atoms with Crippen LogP contribution >= 0.6 is 11.8 Å². The molecule has 1 amide bonds. The Morgan fingerprint density at radius 1 is 1.26 bits per heavy atom. The van der Waals surface area contributed by atoms with Crippen molar-refractivity contribution in [3.05, 3.63) is 35.9 Å². The maximum atomic E-state index is 12.5. The number of amides is 1. The highest BCUT2D eigenvalue weighted by molar-refractivity contribution is 8.00. The fourth-order valence-electron chi connectivity index (χ4n) is 1.98. The van der Waals surface area contributed by atoms with Crippen molar-refractivity contribution in [1.82, 2.24) is 9.62 Å². The molecule has 1 aromatic rings. The Bertz CT molecular complexity index is 610. The number of carbonyl (C=O) groups is 1. The van der Waals surface area contributed by atoms with Crippen molar-refractivity contribution >= 4 is 27.7 Å². The molecular formula is C16H26N2O3S2. The zero-order chi connectivity index (χ0) is 17.7. The third-order valence-corrected chi connectivity index (χ3v) is 5.72. The first-order chi connectivity index (χ1) is 10.5. The number of rotatable bonds is 7. The summed E-state index contributed by atoms with van der Waals surface area (Å²) in [5.41, 5.74) is 0.654. The summed E-state index contributed by atoms with van der Waals surface area (Å²) in [5.74, 6) is 0.470. The monoisotopic (exact) mass is 358 g/mol. The summed E-state index contributed by atoms with van der Waals surface area (Å²) in [6.45, 7) is 6.85. The van der Waals surface area contributed by atoms with Crippen molar-refractivity contribution in [1.29, 1.82) is 0 Å². The van der Waals surface area contributed by atoms with Gasteiger partial charge in [0.2, 0.25) is 15.9 Å². The predicted octanol–water partition coefficient (Wildman–Crippen LogP) is 2.27. The fourth-order valence-corrected chi connectivity index (χ4v) is 3.40. The van der Waals surface area contributed by atoms with E-state index in [0.717, 1.165) is 16.3 Å². The van der Waals surface area contributed by atoms with Crippen LogP contribution in [0.4, 0.5) is 0 Å². The number of nitrogens with one attached hydrogen (secondary N) is 1. The summed E-state index contributed by atoms with van der Waals surface area (Å²) in [5, 5.41) is 2.84. The van der Waals surface area contributed by atoms with E-state index in [1.807, 2.05) is 6.07 Å². The molecule has 130 valence electrons. The number of thioether (sulfide) groups is 1. The van der Waals surface area contributed by atoms with Crippen LogP contribution in [0.1, 0.15) is 32.4 Å². The van der Waals surface area contributed by atoms with Crippen LogP contribution < -0.4 is 5.32 Å². The minimum Gasteiger partial charge on any atom is -0.354 e. The molecule has 0 saturated carbocycles. The maximum absolute atomic E-state index is 12.5. The minimum absolute atomic E-state index is 0.132. The van der Waals surface area contributed by atoms with Crippen LogP contribution in [0.15, 0.2) is 30.3 Å². The Hall–Kier alpha value is -1.05. The van der Waals surface area contributed by atoms with Crippen molar-refractivity contribution < 1.29 is 13.2 Å². The van der Waals surface area contributed by atoms with E-state index in [9.17, 15) is 13.2 Å². The van der Waals surface area contributed by atoms with Gasteiger partial charge in [-0.1, -0.05) is 51.1 Å². The molecule has 1 aromatic carbocycles. The number of likely N-dealkylation sites (N-methyl/N-ethyl adjacent to an activating group) is 1. The van der Waals surface area contributed by atoms with Gasteiger partial charge < -0.3 is 5.32 Å². The number of hydrogen-bond acceptors (Lipinski definition) is 4. The van der Waals surface area contributed by atoms with Gasteiger partial charge in [-0.05, 0) is 5.56 Å². The van der Waals surface area contributed by atoms with Crippen molar-refractivity contribution in [2.75, 3.05) is 25.6 Å². The lowest BCUT2D eigenvalue weighted by Gasteiger charge is -2.26. The molecule has 1 rings (SSSR count). The second-order valence-corrected chi connectivity index (χ2v) is 10.3. The van der Waals surface area contributed by atoms with Gasteiger partial charge in [-0.25, -0.2) is 8.42 Å². The van der Waals surface area contributed by atoms with E-state index in [4.69, 9.17) is 0 Å². The molecule has 0 spiro atoms. The van der Waals surface area contributed by atoms with Gasteiger partial charge in [-0.3, -0.25) is 4.79 Å². The molecule has 1 atom stereocenters. The van der Waals surface area contributed by atoms with Gasteiger partial charge >= 0.3 is 0 Å². The van der Waals surface area contributed by atoms with Crippen LogP contribution in [-0.2, 0) is 14.8 Å². The van der Waals surface area contributed by atoms with Crippen LogP contribution in [0.2, 0.25) is 0 Å². The molecule has 5 nitrogen and oxygen atoms in total. The average Bonchev–Trinajstić information content (AvgIpc) is 2.43. The normalized spacial score (nSPS) is 13.8. The third-order valence-electron chi connectivity index (χ3n) is 3.19. The van der Waals surface area contributed by atoms with E-state index in [-0.39, 0.29) is 10.7 Å². The van der Waals surface area contributed by atoms with Gasteiger partial charge in [0.1, 0.15) is 6.04 Å². The number of benzene rings is 1. The Morgan fingerprint density at radius 2 is 1.83 bits per heavy atom. The molecule has 0 unspecified atom stereocenters. The molecule has 1 N–H and O–H groups in total. The second kappa shape index (κ2) is 8.17. The van der Waals surface area contributed by atoms with Crippen molar-refractivity contribution in [2.45, 2.75) is 31.6 Å². The molecule has 0 aromatic heterocycles. The first-order valence-electron chi connectivity index (χ1n) is 7.42. The molecule has 0 radical (unpaired) electrons. The van der Waals surface area contributed by atoms with Crippen LogP contribution in [0.5, 0.6) is 0 Å². The largest absolute Gasteiger partial charge is 0.354 e. The highest BCUT2D eigenvalue weighted by Gasteiger charge is 2.30. The van der Waals surface area contributed by atoms with Gasteiger partial charge in [0, 0.05) is 24.1 Å². The fraction of sp³-hybridized carbons (Fsp3) is 0.562. The van der Waals surface area contributed by atoms with Crippen molar-refractivity contribution in [3.63, 3.8) is 0 Å². The van der Waals surface area contributed by atoms with Gasteiger partial charge in [0.25, 0.3) is 0 Å². The molecule has 0 heterocycles. The molecule has 0 bridgehead atoms. The summed E-state index contributed by atoms with van der Waals surface area (Å²) in [6.07, 6.45) is 1.10. The smallest absolute Gasteiger partial charge is 0.243 e. The lowest BCUT2D eigenvalue weighted by molar-refractivity contribution is -0.124. The number of sulfonamides is 1. The topological polar surface area (TPSA) is 66.5 Å². The lowest BCUT2D eigenvalue weighted by atomic mass is 10.1. The summed E-state index contributed by atoms with van der Waals surface area (Å²) < 4.78 is 24.9. The van der Waals surface area contributed by atoms with Crippen molar-refractivity contribution in [3.8, 4) is 0 Å². The van der Waals surface area contributed by atoms with Crippen LogP contribution in [-0.4, -0.2) is 49.0 Å². The lowest BCUT2D eigenvalue weighted by Crippen LogP contribution is -2.42. The minimum atomic E-state index is -3.48. The van der Waals surface area contributed by atoms with Crippen LogP contribution in [0.3, 0.4) is 0 Å². The molecule has 0 aliphatic carbocycles. The van der Waals surface area contributed by atoms with Crippen LogP contribution in [0.25, 0.3) is 0 Å². The molecule has 0 aliphatic rings. The van der Waals surface area contributed by atoms with E-state index < -0.39 is 16.1 Å². The number of hydrogen-bond donors (Lipinski definition) is 1. The number of nitrogens with zero attached hydrogens (tertiary/aromatic N) is 1. The highest BCUT2D eigenvalue weighted by Crippen LogP contribution is 2.23. The predicted molar refractivity (Wildman–Crippen MR) is 97.0 cm³/mol. The summed E-state index contributed by atoms with van der Waals surface area (Å²) in [7, 11) is -2.05. The Kier molecular flexibility index (Phi) is 7.10. The Balaban J connectivity index is 2.83. The quantitative estimate of drug-likeness (QED) is 0.759. The average molecular weight is 359 g/mol. The summed E-state index contributed by atoms with van der Waals surface area (Å²) in [6, 6.07) is 8.08. The third kappa shape index (κ3) is 6.93. The van der Waals surface area contributed by atoms with E-state index in [1.165, 1.54) is 7.05 Å². The van der Waals surface area contributed by atoms with Gasteiger partial charge in [-0.2, -0.15) is 16.1 Å². The Morgan fingerprint density at radius 3 is 2.30 bits per heavy atom. The van der Waals surface area contributed by atoms with E-state index in [0.29, 0.717) is 12.1 Å². The van der Waals surface area contributed by atoms with E-state index >= 15 is 0 Å². The molecule has 23 heavy (non-hydrogen) atoms. The Labute approximate surface area is 143 Å². The molecular weight excluding hydrogens is 332 g/mol. The maximum Gasteiger partial charge on any atom is 0.243 e. The molecule has 7 heteroatoms. The first-order valence-corrected chi connectivity index (χ1v) is 10.3. The second-order valence-electron chi connectivity index (χ2n) is 6.34. The van der Waals surface area contributed by atoms with Crippen LogP contribution in [0, 0.1) is 0 Å². The van der Waals surface area contributed by atoms with E-state index in [2.05, 4.69) is 26.1 Å². The van der Waals surface area contributed by atoms with Crippen molar-refractivity contribution in [2.24, 2.45) is 0 Å². The van der Waals surface area contributed by atoms with E-state index in [1.54, 1.807) is 36.0 Å². The van der Waals surface area contributed by atoms with Gasteiger partial charge in [0.15, 0.2) is 0 Å². The standard InChI is InChI=1S/C16H26N2O3S2/c1-16(2,3)22-12-11-17-15(19)14(18(4)23(5,20)21)13-9-7-6-8-10-13/h6-10,14H,11-12H2,1-5H3,(H,17,19)/t14-/m1/s1. The first kappa shape index (κ1) is 20.0. The molecule has 0 saturated heterocycles. The number of carbonyl (C=O) groups excluding carboxylic acids is 1.